The first kappa shape index (κ1) is 11.0. The molecule has 1 aliphatic heterocycles. The van der Waals surface area contributed by atoms with E-state index in [4.69, 9.17) is 4.74 Å². The van der Waals surface area contributed by atoms with Crippen LogP contribution < -0.4 is 10.6 Å². The fourth-order valence-corrected chi connectivity index (χ4v) is 2.03. The molecule has 0 aromatic rings. The molecule has 2 N–H and O–H groups in total. The zero-order valence-electron chi connectivity index (χ0n) is 8.81. The topological polar surface area (TPSA) is 33.3 Å². The van der Waals surface area contributed by atoms with Gasteiger partial charge in [-0.15, -0.1) is 0 Å². The number of hydrogen-bond acceptors (Lipinski definition) is 3. The minimum atomic E-state index is 0.663. The van der Waals surface area contributed by atoms with Crippen LogP contribution in [0.1, 0.15) is 19.3 Å². The third-order valence-electron chi connectivity index (χ3n) is 2.91. The zero-order valence-corrected chi connectivity index (χ0v) is 8.81. The third kappa shape index (κ3) is 3.63. The van der Waals surface area contributed by atoms with Gasteiger partial charge in [0.15, 0.2) is 0 Å². The van der Waals surface area contributed by atoms with Crippen molar-refractivity contribution < 1.29 is 4.74 Å². The van der Waals surface area contributed by atoms with Crippen LogP contribution in [-0.4, -0.2) is 39.9 Å². The van der Waals surface area contributed by atoms with E-state index in [2.05, 4.69) is 17.7 Å². The molecular formula is C10H22N2O. The molecule has 1 unspecified atom stereocenters. The molecule has 0 bridgehead atoms. The number of hydrogen-bond donors (Lipinski definition) is 2. The monoisotopic (exact) mass is 186 g/mol. The minimum Gasteiger partial charge on any atom is -0.381 e. The second-order valence-electron chi connectivity index (χ2n) is 3.74. The zero-order chi connectivity index (χ0) is 9.52. The summed E-state index contributed by atoms with van der Waals surface area (Å²) in [5.74, 6) is 0.812. The van der Waals surface area contributed by atoms with Crippen LogP contribution in [0, 0.1) is 5.92 Å². The van der Waals surface area contributed by atoms with Crippen molar-refractivity contribution in [1.29, 1.82) is 0 Å². The van der Waals surface area contributed by atoms with Crippen molar-refractivity contribution in [3.05, 3.63) is 0 Å². The maximum atomic E-state index is 5.36. The van der Waals surface area contributed by atoms with Crippen molar-refractivity contribution in [3.63, 3.8) is 0 Å². The van der Waals surface area contributed by atoms with Crippen LogP contribution in [0.2, 0.25) is 0 Å². The molecule has 1 rings (SSSR count). The summed E-state index contributed by atoms with van der Waals surface area (Å²) < 4.78 is 5.36. The van der Waals surface area contributed by atoms with E-state index in [-0.39, 0.29) is 0 Å². The van der Waals surface area contributed by atoms with E-state index < -0.39 is 0 Å². The molecule has 1 aliphatic rings. The van der Waals surface area contributed by atoms with Crippen molar-refractivity contribution in [3.8, 4) is 0 Å². The highest BCUT2D eigenvalue weighted by Crippen LogP contribution is 2.20. The summed E-state index contributed by atoms with van der Waals surface area (Å²) in [5.41, 5.74) is 0. The van der Waals surface area contributed by atoms with Gasteiger partial charge in [-0.05, 0) is 45.8 Å². The van der Waals surface area contributed by atoms with Crippen molar-refractivity contribution in [2.24, 2.45) is 5.92 Å². The first-order valence-electron chi connectivity index (χ1n) is 5.28. The van der Waals surface area contributed by atoms with Crippen LogP contribution in [0.5, 0.6) is 0 Å². The van der Waals surface area contributed by atoms with Gasteiger partial charge in [0.1, 0.15) is 0 Å². The lowest BCUT2D eigenvalue weighted by Gasteiger charge is -2.30. The first-order chi connectivity index (χ1) is 6.38. The second kappa shape index (κ2) is 6.35. The standard InChI is InChI=1S/C10H22N2O/c1-11-6-3-10(12-2)9-4-7-13-8-5-9/h9-12H,3-8H2,1-2H3. The molecule has 3 nitrogen and oxygen atoms in total. The fourth-order valence-electron chi connectivity index (χ4n) is 2.03. The predicted molar refractivity (Wildman–Crippen MR) is 54.9 cm³/mol. The molecule has 1 atom stereocenters. The highest BCUT2D eigenvalue weighted by Gasteiger charge is 2.21. The molecule has 0 spiro atoms. The van der Waals surface area contributed by atoms with Crippen molar-refractivity contribution in [1.82, 2.24) is 10.6 Å². The summed E-state index contributed by atoms with van der Waals surface area (Å²) in [6.45, 7) is 2.99. The van der Waals surface area contributed by atoms with Gasteiger partial charge < -0.3 is 15.4 Å². The highest BCUT2D eigenvalue weighted by molar-refractivity contribution is 4.77. The first-order valence-corrected chi connectivity index (χ1v) is 5.28. The maximum Gasteiger partial charge on any atom is 0.0469 e. The molecule has 3 heteroatoms. The molecular weight excluding hydrogens is 164 g/mol. The number of ether oxygens (including phenoxy) is 1. The number of nitrogens with one attached hydrogen (secondary N) is 2. The molecule has 1 saturated heterocycles. The van der Waals surface area contributed by atoms with E-state index in [0.717, 1.165) is 25.7 Å². The van der Waals surface area contributed by atoms with Gasteiger partial charge in [-0.25, -0.2) is 0 Å². The Kier molecular flexibility index (Phi) is 5.35. The van der Waals surface area contributed by atoms with E-state index in [1.165, 1.54) is 19.3 Å². The minimum absolute atomic E-state index is 0.663. The van der Waals surface area contributed by atoms with Crippen molar-refractivity contribution >= 4 is 0 Å². The van der Waals surface area contributed by atoms with Crippen LogP contribution >= 0.6 is 0 Å². The van der Waals surface area contributed by atoms with Gasteiger partial charge in [-0.3, -0.25) is 0 Å². The van der Waals surface area contributed by atoms with Crippen LogP contribution in [0.15, 0.2) is 0 Å². The lowest BCUT2D eigenvalue weighted by Crippen LogP contribution is -2.38. The normalized spacial score (nSPS) is 21.7. The molecule has 78 valence electrons. The molecule has 0 aliphatic carbocycles. The summed E-state index contributed by atoms with van der Waals surface area (Å²) in [6.07, 6.45) is 3.65. The van der Waals surface area contributed by atoms with Crippen LogP contribution in [-0.2, 0) is 4.74 Å². The second-order valence-corrected chi connectivity index (χ2v) is 3.74. The average molecular weight is 186 g/mol. The largest absolute Gasteiger partial charge is 0.381 e. The van der Waals surface area contributed by atoms with Crippen LogP contribution in [0.3, 0.4) is 0 Å². The lowest BCUT2D eigenvalue weighted by molar-refractivity contribution is 0.0537. The van der Waals surface area contributed by atoms with Gasteiger partial charge in [0.2, 0.25) is 0 Å². The lowest BCUT2D eigenvalue weighted by atomic mass is 9.90. The molecule has 13 heavy (non-hydrogen) atoms. The SMILES string of the molecule is CNCCC(NC)C1CCOCC1. The maximum absolute atomic E-state index is 5.36. The predicted octanol–water partition coefficient (Wildman–Crippen LogP) is 0.610. The van der Waals surface area contributed by atoms with Gasteiger partial charge in [0, 0.05) is 19.3 Å². The van der Waals surface area contributed by atoms with Gasteiger partial charge in [-0.1, -0.05) is 0 Å². The molecule has 0 saturated carbocycles. The van der Waals surface area contributed by atoms with E-state index in [0.29, 0.717) is 6.04 Å². The molecule has 1 heterocycles. The van der Waals surface area contributed by atoms with Gasteiger partial charge in [0.25, 0.3) is 0 Å². The van der Waals surface area contributed by atoms with Crippen LogP contribution in [0.4, 0.5) is 0 Å². The summed E-state index contributed by atoms with van der Waals surface area (Å²) in [4.78, 5) is 0. The highest BCUT2D eigenvalue weighted by atomic mass is 16.5. The third-order valence-corrected chi connectivity index (χ3v) is 2.91. The quantitative estimate of drug-likeness (QED) is 0.660. The smallest absolute Gasteiger partial charge is 0.0469 e. The van der Waals surface area contributed by atoms with Crippen molar-refractivity contribution in [2.75, 3.05) is 33.9 Å². The Bertz CT molecular complexity index is 124. The van der Waals surface area contributed by atoms with Gasteiger partial charge in [0.05, 0.1) is 0 Å². The number of rotatable bonds is 5. The van der Waals surface area contributed by atoms with Crippen LogP contribution in [0.25, 0.3) is 0 Å². The molecule has 0 amide bonds. The van der Waals surface area contributed by atoms with Gasteiger partial charge in [-0.2, -0.15) is 0 Å². The fraction of sp³-hybridized carbons (Fsp3) is 1.00. The molecule has 1 fully saturated rings. The Morgan fingerprint density at radius 1 is 1.31 bits per heavy atom. The van der Waals surface area contributed by atoms with E-state index >= 15 is 0 Å². The summed E-state index contributed by atoms with van der Waals surface area (Å²) >= 11 is 0. The average Bonchev–Trinajstić information content (AvgIpc) is 2.21. The Morgan fingerprint density at radius 3 is 2.54 bits per heavy atom. The summed E-state index contributed by atoms with van der Waals surface area (Å²) in [6, 6.07) is 0.663. The Morgan fingerprint density at radius 2 is 2.00 bits per heavy atom. The summed E-state index contributed by atoms with van der Waals surface area (Å²) in [5, 5.41) is 6.61. The van der Waals surface area contributed by atoms with E-state index in [1.807, 2.05) is 7.05 Å². The molecule has 0 aromatic heterocycles. The summed E-state index contributed by atoms with van der Waals surface area (Å²) in [7, 11) is 4.08. The van der Waals surface area contributed by atoms with E-state index in [1.54, 1.807) is 0 Å². The van der Waals surface area contributed by atoms with Gasteiger partial charge >= 0.3 is 0 Å². The Balaban J connectivity index is 2.26. The Labute approximate surface area is 81.2 Å². The van der Waals surface area contributed by atoms with E-state index in [9.17, 15) is 0 Å². The Hall–Kier alpha value is -0.120. The molecule has 0 aromatic carbocycles. The molecule has 0 radical (unpaired) electrons. The van der Waals surface area contributed by atoms with Crippen molar-refractivity contribution in [2.45, 2.75) is 25.3 Å².